The molecule has 0 spiro atoms. The molecule has 2 aromatic carbocycles. The molecule has 4 heteroatoms. The van der Waals surface area contributed by atoms with E-state index in [-0.39, 0.29) is 0 Å². The van der Waals surface area contributed by atoms with Crippen molar-refractivity contribution in [1.29, 1.82) is 5.26 Å². The van der Waals surface area contributed by atoms with Crippen LogP contribution in [0.4, 0.5) is 0 Å². The number of fused-ring (bicyclic) bond motifs is 1. The summed E-state index contributed by atoms with van der Waals surface area (Å²) >= 11 is 0. The van der Waals surface area contributed by atoms with Crippen LogP contribution < -0.4 is 5.35 Å². The van der Waals surface area contributed by atoms with Gasteiger partial charge in [0.05, 0.1) is 5.35 Å². The van der Waals surface area contributed by atoms with Gasteiger partial charge >= 0.3 is 0 Å². The summed E-state index contributed by atoms with van der Waals surface area (Å²) in [5.41, 5.74) is 3.72. The lowest BCUT2D eigenvalue weighted by Gasteiger charge is -1.98. The zero-order valence-corrected chi connectivity index (χ0v) is 12.3. The summed E-state index contributed by atoms with van der Waals surface area (Å²) < 4.78 is 1.66. The molecule has 4 nitrogen and oxygen atoms in total. The molecule has 0 aliphatic rings. The predicted octanol–water partition coefficient (Wildman–Crippen LogP) is 3.06. The second kappa shape index (κ2) is 5.08. The molecule has 2 heterocycles. The second-order valence-electron chi connectivity index (χ2n) is 5.21. The van der Waals surface area contributed by atoms with Crippen LogP contribution in [-0.4, -0.2) is 14.6 Å². The Bertz CT molecular complexity index is 1070. The minimum Gasteiger partial charge on any atom is -0.212 e. The predicted molar refractivity (Wildman–Crippen MR) is 89.3 cm³/mol. The highest BCUT2D eigenvalue weighted by Crippen LogP contribution is 2.25. The highest BCUT2D eigenvalue weighted by atomic mass is 15.3. The lowest BCUT2D eigenvalue weighted by molar-refractivity contribution is 0.951. The summed E-state index contributed by atoms with van der Waals surface area (Å²) in [5.74, 6) is 0.599. The Balaban J connectivity index is 1.99. The summed E-state index contributed by atoms with van der Waals surface area (Å²) in [6, 6.07) is 21.7. The van der Waals surface area contributed by atoms with Crippen LogP contribution in [0.25, 0.3) is 34.7 Å². The smallest absolute Gasteiger partial charge is 0.182 e. The minimum atomic E-state index is 0.510. The molecule has 108 valence electrons. The van der Waals surface area contributed by atoms with Gasteiger partial charge in [-0.25, -0.2) is 9.50 Å². The van der Waals surface area contributed by atoms with Crippen molar-refractivity contribution in [2.24, 2.45) is 0 Å². The molecule has 23 heavy (non-hydrogen) atoms. The van der Waals surface area contributed by atoms with Gasteiger partial charge in [0.15, 0.2) is 11.5 Å². The van der Waals surface area contributed by atoms with Crippen molar-refractivity contribution in [1.82, 2.24) is 14.6 Å². The van der Waals surface area contributed by atoms with E-state index in [4.69, 9.17) is 0 Å². The van der Waals surface area contributed by atoms with Gasteiger partial charge in [-0.2, -0.15) is 5.26 Å². The van der Waals surface area contributed by atoms with Crippen LogP contribution in [0.2, 0.25) is 0 Å². The van der Waals surface area contributed by atoms with Gasteiger partial charge in [-0.3, -0.25) is 0 Å². The van der Waals surface area contributed by atoms with Crippen molar-refractivity contribution < 1.29 is 0 Å². The Labute approximate surface area is 132 Å². The molecule has 0 aliphatic heterocycles. The van der Waals surface area contributed by atoms with Crippen molar-refractivity contribution >= 4 is 12.2 Å². The van der Waals surface area contributed by atoms with E-state index in [0.29, 0.717) is 22.4 Å². The lowest BCUT2D eigenvalue weighted by atomic mass is 10.0. The van der Waals surface area contributed by atoms with Gasteiger partial charge in [0.2, 0.25) is 0 Å². The van der Waals surface area contributed by atoms with Gasteiger partial charge in [0.1, 0.15) is 11.6 Å². The molecule has 2 aromatic heterocycles. The van der Waals surface area contributed by atoms with Gasteiger partial charge in [0.25, 0.3) is 0 Å². The van der Waals surface area contributed by atoms with Crippen molar-refractivity contribution in [2.75, 3.05) is 0 Å². The topological polar surface area (TPSA) is 54.0 Å². The number of nitriles is 1. The summed E-state index contributed by atoms with van der Waals surface area (Å²) in [6.07, 6.45) is 0. The van der Waals surface area contributed by atoms with Gasteiger partial charge in [-0.15, -0.1) is 5.10 Å². The molecule has 0 aliphatic carbocycles. The van der Waals surface area contributed by atoms with E-state index < -0.39 is 0 Å². The van der Waals surface area contributed by atoms with Gasteiger partial charge in [-0.05, 0) is 5.56 Å². The number of benzene rings is 2. The van der Waals surface area contributed by atoms with Crippen LogP contribution in [0.15, 0.2) is 60.7 Å². The van der Waals surface area contributed by atoms with Crippen molar-refractivity contribution in [3.63, 3.8) is 0 Å². The average Bonchev–Trinajstić information content (AvgIpc) is 3.15. The zero-order valence-electron chi connectivity index (χ0n) is 12.3. The van der Waals surface area contributed by atoms with E-state index in [1.165, 1.54) is 0 Å². The normalized spacial score (nSPS) is 10.7. The third-order valence-corrected chi connectivity index (χ3v) is 3.83. The molecule has 0 N–H and O–H groups in total. The maximum absolute atomic E-state index is 9.61. The van der Waals surface area contributed by atoms with Crippen molar-refractivity contribution in [3.05, 3.63) is 71.6 Å². The standard InChI is InChI=1S/C19H12N4/c1-13-17(14-8-4-2-5-9-14)16(12-20)19-21-18(22-23(13)19)15-10-6-3-7-11-15/h2-11H,1H2. The van der Waals surface area contributed by atoms with E-state index in [0.717, 1.165) is 16.7 Å². The maximum atomic E-state index is 9.61. The summed E-state index contributed by atoms with van der Waals surface area (Å²) in [4.78, 5) is 4.55. The highest BCUT2D eigenvalue weighted by molar-refractivity contribution is 5.80. The number of hydrogen-bond acceptors (Lipinski definition) is 3. The third kappa shape index (κ3) is 1.99. The Morgan fingerprint density at radius 2 is 1.52 bits per heavy atom. The molecule has 0 fully saturated rings. The molecule has 0 saturated carbocycles. The first-order chi connectivity index (χ1) is 11.3. The summed E-state index contributed by atoms with van der Waals surface area (Å²) in [6.45, 7) is 4.11. The SMILES string of the molecule is C=c1c(-c2ccccc2)c(C#N)c2nc(-c3ccccc3)nn12. The first kappa shape index (κ1) is 13.2. The zero-order chi connectivity index (χ0) is 15.8. The Kier molecular flexibility index (Phi) is 2.92. The van der Waals surface area contributed by atoms with E-state index in [2.05, 4.69) is 22.7 Å². The summed E-state index contributed by atoms with van der Waals surface area (Å²) in [7, 11) is 0. The van der Waals surface area contributed by atoms with Gasteiger partial charge < -0.3 is 0 Å². The van der Waals surface area contributed by atoms with E-state index >= 15 is 0 Å². The van der Waals surface area contributed by atoms with Gasteiger partial charge in [-0.1, -0.05) is 67.2 Å². The van der Waals surface area contributed by atoms with Crippen LogP contribution >= 0.6 is 0 Å². The van der Waals surface area contributed by atoms with Crippen molar-refractivity contribution in [2.45, 2.75) is 0 Å². The van der Waals surface area contributed by atoms with Crippen LogP contribution in [0.1, 0.15) is 5.56 Å². The first-order valence-corrected chi connectivity index (χ1v) is 7.22. The Hall–Kier alpha value is -3.45. The Morgan fingerprint density at radius 3 is 2.13 bits per heavy atom. The maximum Gasteiger partial charge on any atom is 0.182 e. The minimum absolute atomic E-state index is 0.510. The number of aromatic nitrogens is 3. The van der Waals surface area contributed by atoms with Crippen molar-refractivity contribution in [3.8, 4) is 28.6 Å². The molecule has 0 amide bonds. The average molecular weight is 296 g/mol. The van der Waals surface area contributed by atoms with Crippen LogP contribution in [0, 0.1) is 11.3 Å². The van der Waals surface area contributed by atoms with E-state index in [9.17, 15) is 5.26 Å². The molecule has 0 saturated heterocycles. The largest absolute Gasteiger partial charge is 0.212 e. The Morgan fingerprint density at radius 1 is 0.913 bits per heavy atom. The molecule has 0 atom stereocenters. The molecule has 0 unspecified atom stereocenters. The number of nitrogens with zero attached hydrogens (tertiary/aromatic N) is 4. The molecule has 4 aromatic rings. The molecular weight excluding hydrogens is 284 g/mol. The van der Waals surface area contributed by atoms with Crippen LogP contribution in [-0.2, 0) is 0 Å². The van der Waals surface area contributed by atoms with Crippen LogP contribution in [0.3, 0.4) is 0 Å². The number of rotatable bonds is 2. The second-order valence-corrected chi connectivity index (χ2v) is 5.21. The molecule has 0 bridgehead atoms. The monoisotopic (exact) mass is 296 g/mol. The van der Waals surface area contributed by atoms with Crippen LogP contribution in [0.5, 0.6) is 0 Å². The van der Waals surface area contributed by atoms with E-state index in [1.54, 1.807) is 4.52 Å². The lowest BCUT2D eigenvalue weighted by Crippen LogP contribution is -2.09. The summed E-state index contributed by atoms with van der Waals surface area (Å²) in [5, 5.41) is 14.8. The fraction of sp³-hybridized carbons (Fsp3) is 0. The molecular formula is C19H12N4. The fourth-order valence-electron chi connectivity index (χ4n) is 2.76. The molecule has 0 radical (unpaired) electrons. The highest BCUT2D eigenvalue weighted by Gasteiger charge is 2.19. The third-order valence-electron chi connectivity index (χ3n) is 3.83. The number of hydrogen-bond donors (Lipinski definition) is 0. The quantitative estimate of drug-likeness (QED) is 0.571. The van der Waals surface area contributed by atoms with Gasteiger partial charge in [0, 0.05) is 11.1 Å². The fourth-order valence-corrected chi connectivity index (χ4v) is 2.76. The molecule has 4 rings (SSSR count). The van der Waals surface area contributed by atoms with E-state index in [1.807, 2.05) is 60.7 Å². The first-order valence-electron chi connectivity index (χ1n) is 7.22.